The van der Waals surface area contributed by atoms with Gasteiger partial charge in [0.05, 0.1) is 7.11 Å². The van der Waals surface area contributed by atoms with Gasteiger partial charge in [0, 0.05) is 25.7 Å². The average molecular weight is 223 g/mol. The molecule has 1 atom stereocenters. The number of nitrogens with one attached hydrogen (secondary N) is 1. The molecule has 0 heterocycles. The minimum Gasteiger partial charge on any atom is -0.496 e. The van der Waals surface area contributed by atoms with Crippen LogP contribution < -0.4 is 21.5 Å². The fraction of sp³-hybridized carbons (Fsp3) is 0.500. The van der Waals surface area contributed by atoms with Crippen LogP contribution in [0.1, 0.15) is 11.1 Å². The lowest BCUT2D eigenvalue weighted by molar-refractivity contribution is 0.411. The maximum atomic E-state index is 5.71. The quantitative estimate of drug-likeness (QED) is 0.652. The molecule has 0 aliphatic heterocycles. The van der Waals surface area contributed by atoms with E-state index in [-0.39, 0.29) is 6.04 Å². The molecule has 0 aliphatic carbocycles. The summed E-state index contributed by atoms with van der Waals surface area (Å²) in [5.41, 5.74) is 13.5. The Labute approximate surface area is 97.0 Å². The highest BCUT2D eigenvalue weighted by molar-refractivity contribution is 5.36. The number of rotatable bonds is 6. The largest absolute Gasteiger partial charge is 0.496 e. The van der Waals surface area contributed by atoms with E-state index in [0.717, 1.165) is 24.4 Å². The van der Waals surface area contributed by atoms with Gasteiger partial charge in [-0.1, -0.05) is 12.1 Å². The van der Waals surface area contributed by atoms with Crippen LogP contribution >= 0.6 is 0 Å². The van der Waals surface area contributed by atoms with E-state index in [2.05, 4.69) is 11.4 Å². The fourth-order valence-electron chi connectivity index (χ4n) is 1.54. The lowest BCUT2D eigenvalue weighted by Crippen LogP contribution is -2.39. The van der Waals surface area contributed by atoms with E-state index in [4.69, 9.17) is 16.2 Å². The molecule has 0 fully saturated rings. The van der Waals surface area contributed by atoms with Gasteiger partial charge in [0.25, 0.3) is 0 Å². The van der Waals surface area contributed by atoms with Crippen molar-refractivity contribution in [3.05, 3.63) is 29.3 Å². The summed E-state index contributed by atoms with van der Waals surface area (Å²) in [7, 11) is 1.68. The Kier molecular flexibility index (Phi) is 5.25. The zero-order chi connectivity index (χ0) is 12.0. The summed E-state index contributed by atoms with van der Waals surface area (Å²) in [5, 5.41) is 3.27. The zero-order valence-electron chi connectivity index (χ0n) is 9.99. The van der Waals surface area contributed by atoms with Crippen LogP contribution in [0.15, 0.2) is 18.2 Å². The van der Waals surface area contributed by atoms with Gasteiger partial charge in [0.2, 0.25) is 0 Å². The molecular formula is C12H21N3O. The van der Waals surface area contributed by atoms with Crippen LogP contribution in [0.25, 0.3) is 0 Å². The SMILES string of the molecule is COc1ccc(CNCC(N)CN)cc1C. The third-order valence-corrected chi connectivity index (χ3v) is 2.50. The first kappa shape index (κ1) is 13.0. The van der Waals surface area contributed by atoms with Gasteiger partial charge in [-0.3, -0.25) is 0 Å². The highest BCUT2D eigenvalue weighted by Crippen LogP contribution is 2.18. The van der Waals surface area contributed by atoms with Gasteiger partial charge in [-0.15, -0.1) is 0 Å². The third-order valence-electron chi connectivity index (χ3n) is 2.50. The number of methoxy groups -OCH3 is 1. The maximum Gasteiger partial charge on any atom is 0.121 e. The van der Waals surface area contributed by atoms with E-state index in [1.807, 2.05) is 19.1 Å². The van der Waals surface area contributed by atoms with Crippen molar-refractivity contribution in [3.63, 3.8) is 0 Å². The molecule has 0 spiro atoms. The Balaban J connectivity index is 2.46. The molecule has 1 aromatic rings. The molecular weight excluding hydrogens is 202 g/mol. The molecule has 16 heavy (non-hydrogen) atoms. The normalized spacial score (nSPS) is 12.5. The lowest BCUT2D eigenvalue weighted by Gasteiger charge is -2.11. The van der Waals surface area contributed by atoms with Crippen LogP contribution in [0, 0.1) is 6.92 Å². The van der Waals surface area contributed by atoms with E-state index in [1.54, 1.807) is 7.11 Å². The summed E-state index contributed by atoms with van der Waals surface area (Å²) < 4.78 is 5.20. The smallest absolute Gasteiger partial charge is 0.121 e. The predicted molar refractivity (Wildman–Crippen MR) is 66.5 cm³/mol. The summed E-state index contributed by atoms with van der Waals surface area (Å²) in [4.78, 5) is 0. The Morgan fingerprint density at radius 1 is 1.44 bits per heavy atom. The van der Waals surface area contributed by atoms with Crippen LogP contribution in [0.3, 0.4) is 0 Å². The number of benzene rings is 1. The van der Waals surface area contributed by atoms with Gasteiger partial charge in [0.15, 0.2) is 0 Å². The second-order valence-electron chi connectivity index (χ2n) is 3.93. The van der Waals surface area contributed by atoms with Crippen molar-refractivity contribution in [1.82, 2.24) is 5.32 Å². The second kappa shape index (κ2) is 6.48. The van der Waals surface area contributed by atoms with E-state index in [9.17, 15) is 0 Å². The van der Waals surface area contributed by atoms with Crippen molar-refractivity contribution < 1.29 is 4.74 Å². The predicted octanol–water partition coefficient (Wildman–Crippen LogP) is 0.379. The van der Waals surface area contributed by atoms with Gasteiger partial charge in [-0.05, 0) is 24.1 Å². The van der Waals surface area contributed by atoms with Gasteiger partial charge in [-0.25, -0.2) is 0 Å². The Morgan fingerprint density at radius 2 is 2.19 bits per heavy atom. The molecule has 0 bridgehead atoms. The van der Waals surface area contributed by atoms with Crippen molar-refractivity contribution >= 4 is 0 Å². The number of nitrogens with two attached hydrogens (primary N) is 2. The van der Waals surface area contributed by atoms with Crippen LogP contribution in [-0.2, 0) is 6.54 Å². The molecule has 0 aliphatic rings. The molecule has 1 unspecified atom stereocenters. The van der Waals surface area contributed by atoms with Crippen molar-refractivity contribution in [2.24, 2.45) is 11.5 Å². The molecule has 5 N–H and O–H groups in total. The highest BCUT2D eigenvalue weighted by Gasteiger charge is 2.01. The van der Waals surface area contributed by atoms with E-state index >= 15 is 0 Å². The Hall–Kier alpha value is -1.10. The molecule has 0 saturated carbocycles. The van der Waals surface area contributed by atoms with Crippen molar-refractivity contribution in [1.29, 1.82) is 0 Å². The van der Waals surface area contributed by atoms with Crippen LogP contribution in [0.5, 0.6) is 5.75 Å². The monoisotopic (exact) mass is 223 g/mol. The van der Waals surface area contributed by atoms with Crippen molar-refractivity contribution in [2.75, 3.05) is 20.2 Å². The molecule has 1 aromatic carbocycles. The minimum atomic E-state index is 0.0272. The molecule has 0 radical (unpaired) electrons. The maximum absolute atomic E-state index is 5.71. The second-order valence-corrected chi connectivity index (χ2v) is 3.93. The van der Waals surface area contributed by atoms with E-state index in [1.165, 1.54) is 5.56 Å². The molecule has 0 amide bonds. The summed E-state index contributed by atoms with van der Waals surface area (Å²) in [6, 6.07) is 6.17. The molecule has 0 aromatic heterocycles. The molecule has 4 nitrogen and oxygen atoms in total. The van der Waals surface area contributed by atoms with E-state index in [0.29, 0.717) is 6.54 Å². The molecule has 4 heteroatoms. The Bertz CT molecular complexity index is 328. The zero-order valence-corrected chi connectivity index (χ0v) is 9.99. The number of hydrogen-bond acceptors (Lipinski definition) is 4. The minimum absolute atomic E-state index is 0.0272. The summed E-state index contributed by atoms with van der Waals surface area (Å²) in [6.07, 6.45) is 0. The summed E-state index contributed by atoms with van der Waals surface area (Å²) in [5.74, 6) is 0.919. The fourth-order valence-corrected chi connectivity index (χ4v) is 1.54. The first-order chi connectivity index (χ1) is 7.67. The van der Waals surface area contributed by atoms with E-state index < -0.39 is 0 Å². The summed E-state index contributed by atoms with van der Waals surface area (Å²) >= 11 is 0. The van der Waals surface area contributed by atoms with Gasteiger partial charge in [0.1, 0.15) is 5.75 Å². The standard InChI is InChI=1S/C12H21N3O/c1-9-5-10(3-4-12(9)16-2)7-15-8-11(14)6-13/h3-5,11,15H,6-8,13-14H2,1-2H3. The molecule has 1 rings (SSSR count). The number of hydrogen-bond donors (Lipinski definition) is 3. The van der Waals surface area contributed by atoms with Gasteiger partial charge in [-0.2, -0.15) is 0 Å². The lowest BCUT2D eigenvalue weighted by atomic mass is 10.1. The van der Waals surface area contributed by atoms with Crippen molar-refractivity contribution in [2.45, 2.75) is 19.5 Å². The van der Waals surface area contributed by atoms with Crippen LogP contribution in [-0.4, -0.2) is 26.2 Å². The first-order valence-electron chi connectivity index (χ1n) is 5.47. The van der Waals surface area contributed by atoms with Crippen molar-refractivity contribution in [3.8, 4) is 5.75 Å². The first-order valence-corrected chi connectivity index (χ1v) is 5.47. The third kappa shape index (κ3) is 3.81. The molecule has 90 valence electrons. The van der Waals surface area contributed by atoms with Gasteiger partial charge < -0.3 is 21.5 Å². The highest BCUT2D eigenvalue weighted by atomic mass is 16.5. The van der Waals surface area contributed by atoms with Crippen LogP contribution in [0.2, 0.25) is 0 Å². The van der Waals surface area contributed by atoms with Gasteiger partial charge >= 0.3 is 0 Å². The topological polar surface area (TPSA) is 73.3 Å². The van der Waals surface area contributed by atoms with Crippen LogP contribution in [0.4, 0.5) is 0 Å². The average Bonchev–Trinajstić information content (AvgIpc) is 2.29. The number of aryl methyl sites for hydroxylation is 1. The summed E-state index contributed by atoms with van der Waals surface area (Å²) in [6.45, 7) is 4.09. The molecule has 0 saturated heterocycles. The number of ether oxygens (including phenoxy) is 1. The Morgan fingerprint density at radius 3 is 2.75 bits per heavy atom.